The van der Waals surface area contributed by atoms with Crippen molar-refractivity contribution in [3.05, 3.63) is 29.3 Å². The van der Waals surface area contributed by atoms with Gasteiger partial charge in [0.25, 0.3) is 0 Å². The molecule has 0 aromatic heterocycles. The maximum atomic E-state index is 12.4. The first-order chi connectivity index (χ1) is 8.09. The Morgan fingerprint density at radius 1 is 1.33 bits per heavy atom. The van der Waals surface area contributed by atoms with Gasteiger partial charge in [-0.2, -0.15) is 8.78 Å². The molecule has 1 aliphatic heterocycles. The van der Waals surface area contributed by atoms with Gasteiger partial charge in [-0.05, 0) is 30.5 Å². The van der Waals surface area contributed by atoms with E-state index in [2.05, 4.69) is 23.9 Å². The summed E-state index contributed by atoms with van der Waals surface area (Å²) in [6.07, 6.45) is 0.860. The smallest absolute Gasteiger partial charge is 0.387 e. The van der Waals surface area contributed by atoms with Gasteiger partial charge >= 0.3 is 6.61 Å². The molecule has 0 aliphatic carbocycles. The minimum atomic E-state index is -2.77. The number of ether oxygens (including phenoxy) is 1. The Morgan fingerprint density at radius 3 is 2.67 bits per heavy atom. The highest BCUT2D eigenvalue weighted by Crippen LogP contribution is 2.36. The van der Waals surface area contributed by atoms with Crippen LogP contribution in [-0.4, -0.2) is 13.2 Å². The lowest BCUT2D eigenvalue weighted by molar-refractivity contribution is -0.0510. The number of benzene rings is 1. The van der Waals surface area contributed by atoms with Gasteiger partial charge < -0.3 is 10.1 Å². The summed E-state index contributed by atoms with van der Waals surface area (Å²) in [5.74, 6) is 0.653. The molecule has 1 aromatic carbocycles. The lowest BCUT2D eigenvalue weighted by Crippen LogP contribution is -2.33. The number of nitrogens with one attached hydrogen (secondary N) is 1. The van der Waals surface area contributed by atoms with Crippen LogP contribution in [0.25, 0.3) is 0 Å². The van der Waals surface area contributed by atoms with Gasteiger partial charge in [-0.3, -0.25) is 0 Å². The molecule has 1 aliphatic rings. The molecule has 5 heteroatoms. The van der Waals surface area contributed by atoms with Gasteiger partial charge in [0.2, 0.25) is 0 Å². The second-order valence-electron chi connectivity index (χ2n) is 4.63. The molecular weight excluding hydrogens is 260 g/mol. The average Bonchev–Trinajstić information content (AvgIpc) is 2.27. The highest BCUT2D eigenvalue weighted by atomic mass is 35.5. The fourth-order valence-corrected chi connectivity index (χ4v) is 2.39. The monoisotopic (exact) mass is 277 g/mol. The predicted molar refractivity (Wildman–Crippen MR) is 69.6 cm³/mol. The quantitative estimate of drug-likeness (QED) is 0.912. The number of rotatable bonds is 3. The molecule has 0 fully saturated rings. The van der Waals surface area contributed by atoms with Gasteiger partial charge in [-0.1, -0.05) is 26.0 Å². The fourth-order valence-electron chi connectivity index (χ4n) is 2.39. The van der Waals surface area contributed by atoms with Gasteiger partial charge in [0.15, 0.2) is 0 Å². The normalized spacial score (nSPS) is 18.4. The summed E-state index contributed by atoms with van der Waals surface area (Å²) in [4.78, 5) is 0. The van der Waals surface area contributed by atoms with Crippen molar-refractivity contribution in [2.45, 2.75) is 32.9 Å². The van der Waals surface area contributed by atoms with Crippen LogP contribution in [0, 0.1) is 5.92 Å². The van der Waals surface area contributed by atoms with E-state index in [0.717, 1.165) is 24.1 Å². The van der Waals surface area contributed by atoms with Crippen LogP contribution in [0.4, 0.5) is 8.78 Å². The Hall–Kier alpha value is -0.870. The number of hydrogen-bond donors (Lipinski definition) is 1. The fraction of sp³-hybridized carbons (Fsp3) is 0.538. The summed E-state index contributed by atoms with van der Waals surface area (Å²) in [6, 6.07) is 5.48. The average molecular weight is 278 g/mol. The summed E-state index contributed by atoms with van der Waals surface area (Å²) in [7, 11) is 0. The highest BCUT2D eigenvalue weighted by molar-refractivity contribution is 5.85. The minimum absolute atomic E-state index is 0. The number of hydrogen-bond acceptors (Lipinski definition) is 2. The van der Waals surface area contributed by atoms with Crippen LogP contribution in [0.3, 0.4) is 0 Å². The van der Waals surface area contributed by atoms with E-state index in [1.54, 1.807) is 12.1 Å². The first kappa shape index (κ1) is 15.2. The molecule has 0 saturated carbocycles. The molecule has 1 atom stereocenters. The van der Waals surface area contributed by atoms with Crippen molar-refractivity contribution in [3.8, 4) is 5.75 Å². The lowest BCUT2D eigenvalue weighted by atomic mass is 9.87. The van der Waals surface area contributed by atoms with Gasteiger partial charge in [0.05, 0.1) is 0 Å². The van der Waals surface area contributed by atoms with Crippen molar-refractivity contribution in [1.82, 2.24) is 5.32 Å². The zero-order valence-corrected chi connectivity index (χ0v) is 11.3. The van der Waals surface area contributed by atoms with Crippen LogP contribution in [0.2, 0.25) is 0 Å². The summed E-state index contributed by atoms with van der Waals surface area (Å²) in [5.41, 5.74) is 2.01. The van der Waals surface area contributed by atoms with Crippen molar-refractivity contribution in [2.24, 2.45) is 5.92 Å². The number of alkyl halides is 2. The second kappa shape index (κ2) is 6.34. The molecule has 18 heavy (non-hydrogen) atoms. The minimum Gasteiger partial charge on any atom is -0.434 e. The van der Waals surface area contributed by atoms with Crippen molar-refractivity contribution < 1.29 is 13.5 Å². The second-order valence-corrected chi connectivity index (χ2v) is 4.63. The summed E-state index contributed by atoms with van der Waals surface area (Å²) in [5, 5.41) is 3.36. The molecule has 1 heterocycles. The number of fused-ring (bicyclic) bond motifs is 1. The Balaban J connectivity index is 0.00000162. The molecule has 0 saturated heterocycles. The van der Waals surface area contributed by atoms with Crippen molar-refractivity contribution in [1.29, 1.82) is 0 Å². The Morgan fingerprint density at radius 2 is 2.06 bits per heavy atom. The third-order valence-corrected chi connectivity index (χ3v) is 3.11. The molecule has 0 bridgehead atoms. The molecule has 0 spiro atoms. The van der Waals surface area contributed by atoms with Gasteiger partial charge in [-0.15, -0.1) is 12.4 Å². The van der Waals surface area contributed by atoms with E-state index in [4.69, 9.17) is 0 Å². The van der Waals surface area contributed by atoms with Crippen LogP contribution in [-0.2, 0) is 6.42 Å². The van der Waals surface area contributed by atoms with E-state index in [-0.39, 0.29) is 18.4 Å². The van der Waals surface area contributed by atoms with Gasteiger partial charge in [0.1, 0.15) is 5.75 Å². The highest BCUT2D eigenvalue weighted by Gasteiger charge is 2.26. The molecule has 0 radical (unpaired) electrons. The molecule has 2 nitrogen and oxygen atoms in total. The Kier molecular flexibility index (Phi) is 5.35. The molecule has 102 valence electrons. The van der Waals surface area contributed by atoms with E-state index in [9.17, 15) is 8.78 Å². The van der Waals surface area contributed by atoms with E-state index < -0.39 is 6.61 Å². The maximum absolute atomic E-state index is 12.4. The molecule has 0 unspecified atom stereocenters. The first-order valence-electron chi connectivity index (χ1n) is 5.89. The third-order valence-electron chi connectivity index (χ3n) is 3.11. The molecule has 1 N–H and O–H groups in total. The van der Waals surface area contributed by atoms with E-state index >= 15 is 0 Å². The zero-order valence-electron chi connectivity index (χ0n) is 10.5. The van der Waals surface area contributed by atoms with Gasteiger partial charge in [-0.25, -0.2) is 0 Å². The molecular formula is C13H18ClF2NO. The SMILES string of the molecule is CC(C)[C@@H]1NCCc2cccc(OC(F)F)c21.Cl. The molecule has 0 amide bonds. The Bertz CT molecular complexity index is 399. The van der Waals surface area contributed by atoms with Crippen LogP contribution in [0.1, 0.15) is 31.0 Å². The lowest BCUT2D eigenvalue weighted by Gasteiger charge is -2.31. The first-order valence-corrected chi connectivity index (χ1v) is 5.89. The van der Waals surface area contributed by atoms with Crippen LogP contribution >= 0.6 is 12.4 Å². The van der Waals surface area contributed by atoms with E-state index in [1.165, 1.54) is 0 Å². The van der Waals surface area contributed by atoms with Crippen LogP contribution in [0.15, 0.2) is 18.2 Å². The van der Waals surface area contributed by atoms with E-state index in [1.807, 2.05) is 6.07 Å². The molecule has 1 aromatic rings. The van der Waals surface area contributed by atoms with E-state index in [0.29, 0.717) is 11.7 Å². The van der Waals surface area contributed by atoms with Gasteiger partial charge in [0, 0.05) is 11.6 Å². The standard InChI is InChI=1S/C13H17F2NO.ClH/c1-8(2)12-11-9(6-7-16-12)4-3-5-10(11)17-13(14)15;/h3-5,8,12-13,16H,6-7H2,1-2H3;1H/t12-;/m0./s1. The third kappa shape index (κ3) is 3.12. The maximum Gasteiger partial charge on any atom is 0.387 e. The zero-order chi connectivity index (χ0) is 12.4. The van der Waals surface area contributed by atoms with Crippen LogP contribution in [0.5, 0.6) is 5.75 Å². The largest absolute Gasteiger partial charge is 0.434 e. The summed E-state index contributed by atoms with van der Waals surface area (Å²) >= 11 is 0. The molecule has 2 rings (SSSR count). The summed E-state index contributed by atoms with van der Waals surface area (Å²) < 4.78 is 29.4. The Labute approximate surface area is 112 Å². The van der Waals surface area contributed by atoms with Crippen molar-refractivity contribution in [2.75, 3.05) is 6.54 Å². The summed E-state index contributed by atoms with van der Waals surface area (Å²) in [6.45, 7) is 2.27. The van der Waals surface area contributed by atoms with Crippen molar-refractivity contribution in [3.63, 3.8) is 0 Å². The number of halogens is 3. The predicted octanol–water partition coefficient (Wildman–Crippen LogP) is 3.55. The van der Waals surface area contributed by atoms with Crippen LogP contribution < -0.4 is 10.1 Å². The van der Waals surface area contributed by atoms with Crippen molar-refractivity contribution >= 4 is 12.4 Å². The topological polar surface area (TPSA) is 21.3 Å².